The van der Waals surface area contributed by atoms with Crippen LogP contribution in [0.4, 0.5) is 10.5 Å². The monoisotopic (exact) mass is 456 g/mol. The Bertz CT molecular complexity index is 1150. The second kappa shape index (κ2) is 7.89. The van der Waals surface area contributed by atoms with Gasteiger partial charge in [-0.1, -0.05) is 11.6 Å². The summed E-state index contributed by atoms with van der Waals surface area (Å²) < 4.78 is 7.67. The molecule has 2 amide bonds. The first kappa shape index (κ1) is 20.4. The summed E-state index contributed by atoms with van der Waals surface area (Å²) in [5, 5.41) is 4.81. The van der Waals surface area contributed by atoms with Gasteiger partial charge >= 0.3 is 6.03 Å². The summed E-state index contributed by atoms with van der Waals surface area (Å²) in [5.41, 5.74) is 4.35. The summed E-state index contributed by atoms with van der Waals surface area (Å²) in [6, 6.07) is 9.14. The van der Waals surface area contributed by atoms with E-state index in [4.69, 9.17) is 16.3 Å². The molecule has 4 heterocycles. The van der Waals surface area contributed by atoms with Crippen LogP contribution in [-0.4, -0.2) is 41.1 Å². The number of hydrogen-bond donors (Lipinski definition) is 1. The first-order valence-electron chi connectivity index (χ1n) is 10.4. The van der Waals surface area contributed by atoms with E-state index in [-0.39, 0.29) is 12.1 Å². The van der Waals surface area contributed by atoms with Crippen LogP contribution in [0.5, 0.6) is 5.75 Å². The summed E-state index contributed by atoms with van der Waals surface area (Å²) in [7, 11) is 3.75. The van der Waals surface area contributed by atoms with Crippen LogP contribution in [-0.2, 0) is 19.5 Å². The van der Waals surface area contributed by atoms with Crippen molar-refractivity contribution >= 4 is 34.7 Å². The lowest BCUT2D eigenvalue weighted by atomic mass is 10.0. The van der Waals surface area contributed by atoms with E-state index >= 15 is 0 Å². The van der Waals surface area contributed by atoms with Crippen LogP contribution in [0.2, 0.25) is 5.02 Å². The number of methoxy groups -OCH3 is 1. The molecule has 2 aliphatic rings. The number of carbonyl (C=O) groups is 1. The normalized spacial score (nSPS) is 18.1. The van der Waals surface area contributed by atoms with Gasteiger partial charge in [-0.3, -0.25) is 0 Å². The van der Waals surface area contributed by atoms with Crippen LogP contribution in [0.25, 0.3) is 5.00 Å². The zero-order valence-corrected chi connectivity index (χ0v) is 19.4. The number of fused-ring (bicyclic) bond motifs is 5. The summed E-state index contributed by atoms with van der Waals surface area (Å²) in [5.74, 6) is 0.584. The molecule has 162 valence electrons. The molecule has 31 heavy (non-hydrogen) atoms. The number of likely N-dealkylation sites (N-methyl/N-ethyl adjacent to an activating group) is 1. The Kier molecular flexibility index (Phi) is 5.20. The molecule has 2 aliphatic heterocycles. The number of aromatic nitrogens is 1. The van der Waals surface area contributed by atoms with Crippen LogP contribution >= 0.6 is 22.9 Å². The van der Waals surface area contributed by atoms with Crippen molar-refractivity contribution in [2.75, 3.05) is 26.0 Å². The van der Waals surface area contributed by atoms with E-state index < -0.39 is 0 Å². The van der Waals surface area contributed by atoms with Crippen LogP contribution in [0.3, 0.4) is 0 Å². The van der Waals surface area contributed by atoms with Crippen molar-refractivity contribution in [1.82, 2.24) is 14.4 Å². The van der Waals surface area contributed by atoms with Gasteiger partial charge in [-0.15, -0.1) is 11.3 Å². The van der Waals surface area contributed by atoms with Gasteiger partial charge in [0.2, 0.25) is 0 Å². The molecule has 1 aromatic carbocycles. The Balaban J connectivity index is 1.54. The zero-order chi connectivity index (χ0) is 21.7. The number of hydrogen-bond acceptors (Lipinski definition) is 4. The number of rotatable bonds is 2. The molecule has 6 nitrogen and oxygen atoms in total. The maximum absolute atomic E-state index is 13.5. The lowest BCUT2D eigenvalue weighted by Gasteiger charge is -2.29. The predicted octanol–water partition coefficient (Wildman–Crippen LogP) is 5.30. The highest BCUT2D eigenvalue weighted by molar-refractivity contribution is 7.15. The van der Waals surface area contributed by atoms with Gasteiger partial charge in [-0.25, -0.2) is 4.79 Å². The maximum Gasteiger partial charge on any atom is 0.322 e. The number of amides is 2. The molecule has 8 heteroatoms. The van der Waals surface area contributed by atoms with Crippen molar-refractivity contribution in [2.45, 2.75) is 32.5 Å². The Morgan fingerprint density at radius 2 is 2.10 bits per heavy atom. The van der Waals surface area contributed by atoms with Crippen LogP contribution in [0.1, 0.15) is 34.7 Å². The number of urea groups is 1. The molecule has 2 aromatic heterocycles. The fraction of sp³-hybridized carbons (Fsp3) is 0.348. The van der Waals surface area contributed by atoms with Gasteiger partial charge < -0.3 is 24.4 Å². The SMILES string of the molecule is COc1ccc(Cl)cc1NC(=O)N1Cc2c(sc3c2CCN(C)C3)-n2cccc2[C@@H]1C. The van der Waals surface area contributed by atoms with Crippen LogP contribution in [0, 0.1) is 0 Å². The molecule has 0 radical (unpaired) electrons. The number of nitrogens with one attached hydrogen (secondary N) is 1. The van der Waals surface area contributed by atoms with Crippen LogP contribution in [0.15, 0.2) is 36.5 Å². The maximum atomic E-state index is 13.5. The van der Waals surface area contributed by atoms with E-state index in [0.717, 1.165) is 25.2 Å². The van der Waals surface area contributed by atoms with Crippen LogP contribution < -0.4 is 10.1 Å². The van der Waals surface area contributed by atoms with Gasteiger partial charge in [0.05, 0.1) is 25.4 Å². The molecule has 5 rings (SSSR count). The van der Waals surface area contributed by atoms with Gasteiger partial charge in [0.1, 0.15) is 10.8 Å². The second-order valence-electron chi connectivity index (χ2n) is 8.16. The minimum Gasteiger partial charge on any atom is -0.495 e. The number of anilines is 1. The number of ether oxygens (including phenoxy) is 1. The fourth-order valence-electron chi connectivity index (χ4n) is 4.54. The standard InChI is InChI=1S/C23H25ClN4O2S/c1-14-19-5-4-9-27(19)22-17(16-8-10-26(2)13-21(16)31-22)12-28(14)23(29)25-18-11-15(24)6-7-20(18)30-3/h4-7,9,11,14H,8,10,12-13H2,1-3H3,(H,25,29)/t14-/m0/s1. The number of nitrogens with zero attached hydrogens (tertiary/aromatic N) is 3. The molecule has 1 N–H and O–H groups in total. The van der Waals surface area contributed by atoms with E-state index in [2.05, 4.69) is 47.1 Å². The minimum absolute atomic E-state index is 0.0818. The molecule has 0 aliphatic carbocycles. The number of carbonyl (C=O) groups excluding carboxylic acids is 1. The van der Waals surface area contributed by atoms with Gasteiger partial charge in [0.15, 0.2) is 0 Å². The Morgan fingerprint density at radius 1 is 1.26 bits per heavy atom. The van der Waals surface area contributed by atoms with E-state index in [9.17, 15) is 4.79 Å². The van der Waals surface area contributed by atoms with Crippen molar-refractivity contribution in [3.63, 3.8) is 0 Å². The Hall–Kier alpha value is -2.48. The summed E-state index contributed by atoms with van der Waals surface area (Å²) in [4.78, 5) is 19.2. The number of halogens is 1. The molecular weight excluding hydrogens is 432 g/mol. The molecular formula is C23H25ClN4O2S. The highest BCUT2D eigenvalue weighted by Crippen LogP contribution is 2.41. The molecule has 0 spiro atoms. The second-order valence-corrected chi connectivity index (χ2v) is 9.68. The third-order valence-corrected chi connectivity index (χ3v) is 7.72. The summed E-state index contributed by atoms with van der Waals surface area (Å²) >= 11 is 8.02. The van der Waals surface area contributed by atoms with E-state index in [1.54, 1.807) is 25.3 Å². The highest BCUT2D eigenvalue weighted by atomic mass is 35.5. The average Bonchev–Trinajstić information content (AvgIpc) is 3.33. The summed E-state index contributed by atoms with van der Waals surface area (Å²) in [6.45, 7) is 4.65. The topological polar surface area (TPSA) is 49.7 Å². The van der Waals surface area contributed by atoms with E-state index in [0.29, 0.717) is 23.0 Å². The van der Waals surface area contributed by atoms with Crippen molar-refractivity contribution in [1.29, 1.82) is 0 Å². The third kappa shape index (κ3) is 3.50. The molecule has 0 saturated heterocycles. The van der Waals surface area contributed by atoms with Gasteiger partial charge in [-0.2, -0.15) is 0 Å². The largest absolute Gasteiger partial charge is 0.495 e. The lowest BCUT2D eigenvalue weighted by molar-refractivity contribution is 0.189. The summed E-state index contributed by atoms with van der Waals surface area (Å²) in [6.07, 6.45) is 3.12. The zero-order valence-electron chi connectivity index (χ0n) is 17.8. The molecule has 0 unspecified atom stereocenters. The van der Waals surface area contributed by atoms with E-state index in [1.165, 1.54) is 21.0 Å². The van der Waals surface area contributed by atoms with Crippen molar-refractivity contribution in [2.24, 2.45) is 0 Å². The minimum atomic E-state index is -0.165. The van der Waals surface area contributed by atoms with Crippen molar-refractivity contribution in [3.05, 3.63) is 63.2 Å². The molecule has 3 aromatic rings. The van der Waals surface area contributed by atoms with Crippen molar-refractivity contribution in [3.8, 4) is 10.8 Å². The Labute approximate surface area is 191 Å². The first-order valence-corrected chi connectivity index (χ1v) is 11.6. The molecule has 0 saturated carbocycles. The van der Waals surface area contributed by atoms with Gasteiger partial charge in [0.25, 0.3) is 0 Å². The molecule has 1 atom stereocenters. The number of benzene rings is 1. The Morgan fingerprint density at radius 3 is 2.90 bits per heavy atom. The first-order chi connectivity index (χ1) is 15.0. The predicted molar refractivity (Wildman–Crippen MR) is 125 cm³/mol. The quantitative estimate of drug-likeness (QED) is 0.569. The smallest absolute Gasteiger partial charge is 0.322 e. The van der Waals surface area contributed by atoms with Gasteiger partial charge in [0, 0.05) is 40.4 Å². The highest BCUT2D eigenvalue weighted by Gasteiger charge is 2.33. The fourth-order valence-corrected chi connectivity index (χ4v) is 6.15. The number of thiophene rings is 1. The average molecular weight is 457 g/mol. The third-order valence-electron chi connectivity index (χ3n) is 6.22. The van der Waals surface area contributed by atoms with Crippen molar-refractivity contribution < 1.29 is 9.53 Å². The molecule has 0 fully saturated rings. The van der Waals surface area contributed by atoms with Gasteiger partial charge in [-0.05, 0) is 56.3 Å². The van der Waals surface area contributed by atoms with E-state index in [1.807, 2.05) is 16.2 Å². The molecule has 0 bridgehead atoms. The lowest BCUT2D eigenvalue weighted by Crippen LogP contribution is -2.36.